The Morgan fingerprint density at radius 3 is 1.93 bits per heavy atom. The van der Waals surface area contributed by atoms with E-state index in [4.69, 9.17) is 0 Å². The molecule has 3 aliphatic rings. The molecule has 0 radical (unpaired) electrons. The van der Waals surface area contributed by atoms with E-state index in [9.17, 15) is 0 Å². The molecule has 0 N–H and O–H groups in total. The van der Waals surface area contributed by atoms with Crippen LogP contribution in [-0.2, 0) is 21.8 Å². The SMILES string of the molecule is [CH3][Zr+2]1[C]2=C(C=CC2)[SiH2]C2=[C]1CC=C2.[Cl-].[Cl-]. The number of allylic oxidation sites excluding steroid dienone is 8. The third kappa shape index (κ3) is 2.20. The van der Waals surface area contributed by atoms with Gasteiger partial charge in [-0.3, -0.25) is 0 Å². The number of hydrogen-bond acceptors (Lipinski definition) is 0. The van der Waals surface area contributed by atoms with Gasteiger partial charge >= 0.3 is 90.0 Å². The van der Waals surface area contributed by atoms with E-state index >= 15 is 0 Å². The minimum atomic E-state index is -1.23. The zero-order valence-corrected chi connectivity index (χ0v) is 14.1. The van der Waals surface area contributed by atoms with Gasteiger partial charge in [0.15, 0.2) is 0 Å². The normalized spacial score (nSPS) is 21.3. The van der Waals surface area contributed by atoms with Crippen molar-refractivity contribution in [2.45, 2.75) is 17.5 Å². The van der Waals surface area contributed by atoms with E-state index < -0.39 is 21.8 Å². The van der Waals surface area contributed by atoms with Crippen molar-refractivity contribution >= 4 is 9.52 Å². The third-order valence-corrected chi connectivity index (χ3v) is 14.2. The van der Waals surface area contributed by atoms with E-state index in [0.29, 0.717) is 0 Å². The molecule has 1 heterocycles. The summed E-state index contributed by atoms with van der Waals surface area (Å²) in [5.41, 5.74) is 0. The van der Waals surface area contributed by atoms with Gasteiger partial charge in [0.25, 0.3) is 0 Å². The van der Waals surface area contributed by atoms with Crippen LogP contribution in [0.3, 0.4) is 0 Å². The summed E-state index contributed by atoms with van der Waals surface area (Å²) in [7, 11) is -0.0305. The summed E-state index contributed by atoms with van der Waals surface area (Å²) in [4.78, 5) is 0. The maximum absolute atomic E-state index is 2.58. The largest absolute Gasteiger partial charge is 1.00 e. The Labute approximate surface area is 114 Å². The first kappa shape index (κ1) is 13.7. The fourth-order valence-corrected chi connectivity index (χ4v) is 14.5. The molecule has 0 aromatic carbocycles. The van der Waals surface area contributed by atoms with Crippen LogP contribution in [0, 0.1) is 0 Å². The second kappa shape index (κ2) is 5.31. The van der Waals surface area contributed by atoms with Crippen molar-refractivity contribution in [2.75, 3.05) is 0 Å². The molecule has 0 nitrogen and oxygen atoms in total. The first-order valence-electron chi connectivity index (χ1n) is 4.97. The molecule has 0 aromatic heterocycles. The van der Waals surface area contributed by atoms with Gasteiger partial charge in [0, 0.05) is 0 Å². The number of rotatable bonds is 0. The Hall–Kier alpha value is 0.640. The van der Waals surface area contributed by atoms with Gasteiger partial charge in [-0.15, -0.1) is 0 Å². The summed E-state index contributed by atoms with van der Waals surface area (Å²) in [6.45, 7) is 0. The molecule has 0 aromatic rings. The van der Waals surface area contributed by atoms with Crippen LogP contribution in [0.4, 0.5) is 0 Å². The summed E-state index contributed by atoms with van der Waals surface area (Å²) >= 11 is -1.23. The summed E-state index contributed by atoms with van der Waals surface area (Å²) in [5, 5.41) is 3.64. The Kier molecular flexibility index (Phi) is 4.85. The summed E-state index contributed by atoms with van der Waals surface area (Å²) < 4.78 is 6.47. The van der Waals surface area contributed by atoms with Gasteiger partial charge in [0.05, 0.1) is 0 Å². The van der Waals surface area contributed by atoms with Gasteiger partial charge in [-0.25, -0.2) is 0 Å². The van der Waals surface area contributed by atoms with Crippen molar-refractivity contribution in [3.05, 3.63) is 41.3 Å². The molecular weight excluding hydrogens is 322 g/mol. The molecule has 0 fully saturated rings. The first-order chi connectivity index (χ1) is 6.36. The Balaban J connectivity index is 0.000000562. The molecule has 0 saturated carbocycles. The van der Waals surface area contributed by atoms with Crippen LogP contribution in [0.5, 0.6) is 0 Å². The van der Waals surface area contributed by atoms with Crippen molar-refractivity contribution in [3.8, 4) is 0 Å². The summed E-state index contributed by atoms with van der Waals surface area (Å²) in [6.07, 6.45) is 12.3. The minimum Gasteiger partial charge on any atom is -1.00 e. The molecule has 79 valence electrons. The molecule has 2 aliphatic carbocycles. The minimum absolute atomic E-state index is 0. The number of hydrogen-bond donors (Lipinski definition) is 0. The molecule has 3 rings (SSSR count). The van der Waals surface area contributed by atoms with Gasteiger partial charge in [0.1, 0.15) is 0 Å². The molecule has 0 saturated heterocycles. The van der Waals surface area contributed by atoms with Crippen LogP contribution in [0.1, 0.15) is 12.8 Å². The smallest absolute Gasteiger partial charge is 1.00 e. The molecule has 0 spiro atoms. The second-order valence-electron chi connectivity index (χ2n) is 4.02. The molecule has 0 amide bonds. The second-order valence-corrected chi connectivity index (χ2v) is 11.9. The zero-order chi connectivity index (χ0) is 8.84. The van der Waals surface area contributed by atoms with E-state index in [1.807, 2.05) is 17.0 Å². The quantitative estimate of drug-likeness (QED) is 0.398. The van der Waals surface area contributed by atoms with Crippen molar-refractivity contribution < 1.29 is 46.6 Å². The van der Waals surface area contributed by atoms with E-state index in [0.717, 1.165) is 0 Å². The summed E-state index contributed by atoms with van der Waals surface area (Å²) in [6, 6.07) is 0. The maximum Gasteiger partial charge on any atom is -1.00 e. The fourth-order valence-electron chi connectivity index (χ4n) is 2.61. The topological polar surface area (TPSA) is 0 Å². The van der Waals surface area contributed by atoms with Crippen molar-refractivity contribution in [1.29, 1.82) is 0 Å². The van der Waals surface area contributed by atoms with E-state index in [1.54, 1.807) is 0 Å². The Morgan fingerprint density at radius 2 is 1.47 bits per heavy atom. The van der Waals surface area contributed by atoms with Gasteiger partial charge in [-0.2, -0.15) is 0 Å². The van der Waals surface area contributed by atoms with Crippen molar-refractivity contribution in [2.24, 2.45) is 0 Å². The van der Waals surface area contributed by atoms with Gasteiger partial charge in [-0.1, -0.05) is 0 Å². The van der Waals surface area contributed by atoms with E-state index in [1.165, 1.54) is 12.8 Å². The van der Waals surface area contributed by atoms with E-state index in [2.05, 4.69) is 28.9 Å². The molecule has 0 atom stereocenters. The standard InChI is InChI=1S/C10H10Si.CH3.2ClH.Zr/c1-2-6-9(5-1)11-10-7-3-4-8-10;;;;/h1,3,5,7H,2,4,11H2;1H3;2*1H;/q;;;;+2/p-2. The van der Waals surface area contributed by atoms with Crippen LogP contribution in [0.2, 0.25) is 4.63 Å². The molecule has 15 heavy (non-hydrogen) atoms. The molecular formula is C11H13Cl2SiZr. The molecule has 0 unspecified atom stereocenters. The first-order valence-corrected chi connectivity index (χ1v) is 11.3. The predicted molar refractivity (Wildman–Crippen MR) is 56.0 cm³/mol. The zero-order valence-electron chi connectivity index (χ0n) is 8.69. The van der Waals surface area contributed by atoms with Gasteiger partial charge in [0.2, 0.25) is 0 Å². The number of halogens is 2. The van der Waals surface area contributed by atoms with Crippen LogP contribution in [0.25, 0.3) is 0 Å². The van der Waals surface area contributed by atoms with Gasteiger partial charge < -0.3 is 24.8 Å². The fraction of sp³-hybridized carbons (Fsp3) is 0.273. The monoisotopic (exact) mass is 333 g/mol. The molecule has 4 heteroatoms. The Morgan fingerprint density at radius 1 is 1.00 bits per heavy atom. The van der Waals surface area contributed by atoms with Crippen LogP contribution in [0.15, 0.2) is 41.3 Å². The Bertz CT molecular complexity index is 357. The summed E-state index contributed by atoms with van der Waals surface area (Å²) in [5.74, 6) is 0. The molecule has 1 aliphatic heterocycles. The van der Waals surface area contributed by atoms with Crippen molar-refractivity contribution in [1.82, 2.24) is 0 Å². The average molecular weight is 335 g/mol. The van der Waals surface area contributed by atoms with Crippen LogP contribution < -0.4 is 24.8 Å². The maximum atomic E-state index is 2.58. The van der Waals surface area contributed by atoms with E-state index in [-0.39, 0.29) is 34.3 Å². The van der Waals surface area contributed by atoms with Crippen LogP contribution >= 0.6 is 0 Å². The van der Waals surface area contributed by atoms with Gasteiger partial charge in [-0.05, 0) is 0 Å². The average Bonchev–Trinajstić information content (AvgIpc) is 2.71. The third-order valence-electron chi connectivity index (χ3n) is 3.34. The van der Waals surface area contributed by atoms with Crippen molar-refractivity contribution in [3.63, 3.8) is 0 Å². The predicted octanol–water partition coefficient (Wildman–Crippen LogP) is -3.81. The molecule has 0 bridgehead atoms. The van der Waals surface area contributed by atoms with Crippen LogP contribution in [-0.4, -0.2) is 9.52 Å².